The van der Waals surface area contributed by atoms with E-state index in [1.165, 1.54) is 0 Å². The SMILES string of the molecule is Nc1cccc(O[C@H]2C[C@H](N)C2)c1. The zero-order valence-corrected chi connectivity index (χ0v) is 7.44. The van der Waals surface area contributed by atoms with Crippen molar-refractivity contribution in [3.8, 4) is 5.75 Å². The van der Waals surface area contributed by atoms with E-state index >= 15 is 0 Å². The second-order valence-electron chi connectivity index (χ2n) is 3.54. The summed E-state index contributed by atoms with van der Waals surface area (Å²) < 4.78 is 5.64. The molecule has 0 spiro atoms. The highest BCUT2D eigenvalue weighted by atomic mass is 16.5. The number of nitrogen functional groups attached to an aromatic ring is 1. The minimum Gasteiger partial charge on any atom is -0.490 e. The summed E-state index contributed by atoms with van der Waals surface area (Å²) in [6.07, 6.45) is 2.20. The average molecular weight is 178 g/mol. The quantitative estimate of drug-likeness (QED) is 0.667. The third-order valence-electron chi connectivity index (χ3n) is 2.29. The van der Waals surface area contributed by atoms with Crippen molar-refractivity contribution in [3.05, 3.63) is 24.3 Å². The summed E-state index contributed by atoms with van der Waals surface area (Å²) >= 11 is 0. The van der Waals surface area contributed by atoms with E-state index in [2.05, 4.69) is 0 Å². The molecule has 1 saturated carbocycles. The molecule has 0 heterocycles. The number of hydrogen-bond acceptors (Lipinski definition) is 3. The largest absolute Gasteiger partial charge is 0.490 e. The Labute approximate surface area is 77.7 Å². The number of anilines is 1. The van der Waals surface area contributed by atoms with Crippen LogP contribution in [0.4, 0.5) is 5.69 Å². The standard InChI is InChI=1S/C10H14N2O/c11-7-2-1-3-9(4-7)13-10-5-8(12)6-10/h1-4,8,10H,5-6,11-12H2/t8-,10-. The summed E-state index contributed by atoms with van der Waals surface area (Å²) in [6.45, 7) is 0. The van der Waals surface area contributed by atoms with Gasteiger partial charge in [0.05, 0.1) is 0 Å². The van der Waals surface area contributed by atoms with Crippen LogP contribution in [0.15, 0.2) is 24.3 Å². The molecular formula is C10H14N2O. The summed E-state index contributed by atoms with van der Waals surface area (Å²) in [4.78, 5) is 0. The van der Waals surface area contributed by atoms with E-state index in [1.54, 1.807) is 0 Å². The lowest BCUT2D eigenvalue weighted by Crippen LogP contribution is -2.43. The lowest BCUT2D eigenvalue weighted by Gasteiger charge is -2.32. The number of hydrogen-bond donors (Lipinski definition) is 2. The molecule has 0 saturated heterocycles. The van der Waals surface area contributed by atoms with Gasteiger partial charge in [0, 0.05) is 17.8 Å². The Morgan fingerprint density at radius 1 is 1.31 bits per heavy atom. The van der Waals surface area contributed by atoms with Crippen LogP contribution in [0.3, 0.4) is 0 Å². The lowest BCUT2D eigenvalue weighted by atomic mass is 9.90. The highest BCUT2D eigenvalue weighted by Gasteiger charge is 2.27. The fourth-order valence-corrected chi connectivity index (χ4v) is 1.48. The van der Waals surface area contributed by atoms with Crippen LogP contribution >= 0.6 is 0 Å². The zero-order chi connectivity index (χ0) is 9.26. The van der Waals surface area contributed by atoms with Gasteiger partial charge >= 0.3 is 0 Å². The van der Waals surface area contributed by atoms with Crippen LogP contribution in [0.25, 0.3) is 0 Å². The van der Waals surface area contributed by atoms with Crippen molar-refractivity contribution in [1.29, 1.82) is 0 Å². The summed E-state index contributed by atoms with van der Waals surface area (Å²) in [7, 11) is 0. The van der Waals surface area contributed by atoms with E-state index in [1.807, 2.05) is 24.3 Å². The monoisotopic (exact) mass is 178 g/mol. The van der Waals surface area contributed by atoms with Gasteiger partial charge in [0.1, 0.15) is 11.9 Å². The van der Waals surface area contributed by atoms with Crippen LogP contribution in [0, 0.1) is 0 Å². The van der Waals surface area contributed by atoms with E-state index in [0.29, 0.717) is 6.04 Å². The molecule has 3 nitrogen and oxygen atoms in total. The first-order chi connectivity index (χ1) is 6.24. The van der Waals surface area contributed by atoms with Crippen LogP contribution < -0.4 is 16.2 Å². The molecule has 1 fully saturated rings. The Kier molecular flexibility index (Phi) is 2.10. The van der Waals surface area contributed by atoms with Gasteiger partial charge in [-0.05, 0) is 25.0 Å². The molecule has 3 heteroatoms. The lowest BCUT2D eigenvalue weighted by molar-refractivity contribution is 0.101. The molecule has 0 bridgehead atoms. The topological polar surface area (TPSA) is 61.3 Å². The van der Waals surface area contributed by atoms with E-state index in [-0.39, 0.29) is 6.10 Å². The Balaban J connectivity index is 1.94. The highest BCUT2D eigenvalue weighted by Crippen LogP contribution is 2.25. The number of nitrogens with two attached hydrogens (primary N) is 2. The molecule has 13 heavy (non-hydrogen) atoms. The van der Waals surface area contributed by atoms with Crippen molar-refractivity contribution in [3.63, 3.8) is 0 Å². The summed E-state index contributed by atoms with van der Waals surface area (Å²) in [5.74, 6) is 0.844. The van der Waals surface area contributed by atoms with Crippen LogP contribution in [0.2, 0.25) is 0 Å². The van der Waals surface area contributed by atoms with E-state index in [9.17, 15) is 0 Å². The van der Waals surface area contributed by atoms with Crippen molar-refractivity contribution < 1.29 is 4.74 Å². The second-order valence-corrected chi connectivity index (χ2v) is 3.54. The van der Waals surface area contributed by atoms with E-state index in [0.717, 1.165) is 24.3 Å². The van der Waals surface area contributed by atoms with Gasteiger partial charge in [-0.1, -0.05) is 6.07 Å². The number of ether oxygens (including phenoxy) is 1. The third-order valence-corrected chi connectivity index (χ3v) is 2.29. The molecule has 0 amide bonds. The Hall–Kier alpha value is -1.22. The summed E-state index contributed by atoms with van der Waals surface area (Å²) in [5, 5.41) is 0. The molecule has 1 aliphatic rings. The maximum Gasteiger partial charge on any atom is 0.121 e. The van der Waals surface area contributed by atoms with Gasteiger partial charge in [-0.15, -0.1) is 0 Å². The average Bonchev–Trinajstić information content (AvgIpc) is 2.01. The van der Waals surface area contributed by atoms with Crippen LogP contribution in [-0.4, -0.2) is 12.1 Å². The molecule has 1 aromatic carbocycles. The Morgan fingerprint density at radius 2 is 2.08 bits per heavy atom. The van der Waals surface area contributed by atoms with Crippen molar-refractivity contribution in [2.45, 2.75) is 25.0 Å². The predicted molar refractivity (Wildman–Crippen MR) is 52.5 cm³/mol. The molecular weight excluding hydrogens is 164 g/mol. The van der Waals surface area contributed by atoms with Gasteiger partial charge in [-0.2, -0.15) is 0 Å². The maximum absolute atomic E-state index is 5.65. The molecule has 1 aromatic rings. The minimum absolute atomic E-state index is 0.289. The minimum atomic E-state index is 0.289. The van der Waals surface area contributed by atoms with Crippen molar-refractivity contribution in [1.82, 2.24) is 0 Å². The van der Waals surface area contributed by atoms with Crippen molar-refractivity contribution in [2.75, 3.05) is 5.73 Å². The summed E-state index contributed by atoms with van der Waals surface area (Å²) in [6, 6.07) is 7.82. The van der Waals surface area contributed by atoms with Crippen LogP contribution in [-0.2, 0) is 0 Å². The molecule has 0 unspecified atom stereocenters. The first-order valence-corrected chi connectivity index (χ1v) is 4.52. The Bertz CT molecular complexity index is 295. The second kappa shape index (κ2) is 3.26. The molecule has 2 rings (SSSR count). The molecule has 1 aliphatic carbocycles. The molecule has 0 radical (unpaired) electrons. The molecule has 0 aromatic heterocycles. The normalized spacial score (nSPS) is 26.5. The molecule has 4 N–H and O–H groups in total. The predicted octanol–water partition coefficient (Wildman–Crippen LogP) is 1.14. The van der Waals surface area contributed by atoms with Gasteiger partial charge in [0.25, 0.3) is 0 Å². The zero-order valence-electron chi connectivity index (χ0n) is 7.44. The summed E-state index contributed by atoms with van der Waals surface area (Å²) in [5.41, 5.74) is 12.0. The molecule has 0 aliphatic heterocycles. The first-order valence-electron chi connectivity index (χ1n) is 4.52. The van der Waals surface area contributed by atoms with Gasteiger partial charge in [-0.25, -0.2) is 0 Å². The number of benzene rings is 1. The Morgan fingerprint density at radius 3 is 2.69 bits per heavy atom. The van der Waals surface area contributed by atoms with Crippen LogP contribution in [0.5, 0.6) is 5.75 Å². The van der Waals surface area contributed by atoms with Crippen molar-refractivity contribution in [2.24, 2.45) is 5.73 Å². The van der Waals surface area contributed by atoms with Gasteiger partial charge < -0.3 is 16.2 Å². The van der Waals surface area contributed by atoms with E-state index in [4.69, 9.17) is 16.2 Å². The van der Waals surface area contributed by atoms with E-state index < -0.39 is 0 Å². The van der Waals surface area contributed by atoms with Gasteiger partial charge in [0.15, 0.2) is 0 Å². The number of rotatable bonds is 2. The molecule has 0 atom stereocenters. The van der Waals surface area contributed by atoms with Gasteiger partial charge in [0.2, 0.25) is 0 Å². The maximum atomic E-state index is 5.65. The fourth-order valence-electron chi connectivity index (χ4n) is 1.48. The fraction of sp³-hybridized carbons (Fsp3) is 0.400. The van der Waals surface area contributed by atoms with Crippen LogP contribution in [0.1, 0.15) is 12.8 Å². The van der Waals surface area contributed by atoms with Gasteiger partial charge in [-0.3, -0.25) is 0 Å². The third kappa shape index (κ3) is 1.92. The van der Waals surface area contributed by atoms with Crippen molar-refractivity contribution >= 4 is 5.69 Å². The smallest absolute Gasteiger partial charge is 0.121 e. The first kappa shape index (κ1) is 8.38. The highest BCUT2D eigenvalue weighted by molar-refractivity contribution is 5.43. The molecule has 70 valence electrons.